The van der Waals surface area contributed by atoms with Gasteiger partial charge in [0.25, 0.3) is 0 Å². The van der Waals surface area contributed by atoms with Crippen LogP contribution in [0.15, 0.2) is 72.8 Å². The van der Waals surface area contributed by atoms with Crippen LogP contribution in [0.3, 0.4) is 0 Å². The van der Waals surface area contributed by atoms with E-state index in [2.05, 4.69) is 6.07 Å². The molecule has 0 saturated carbocycles. The van der Waals surface area contributed by atoms with Gasteiger partial charge in [0.2, 0.25) is 0 Å². The Labute approximate surface area is 155 Å². The van der Waals surface area contributed by atoms with Gasteiger partial charge in [-0.3, -0.25) is 4.79 Å². The predicted octanol–water partition coefficient (Wildman–Crippen LogP) is 5.27. The van der Waals surface area contributed by atoms with Gasteiger partial charge in [0.1, 0.15) is 0 Å². The van der Waals surface area contributed by atoms with Crippen molar-refractivity contribution in [2.24, 2.45) is 5.41 Å². The van der Waals surface area contributed by atoms with E-state index in [9.17, 15) is 10.1 Å². The molecule has 0 saturated heterocycles. The Kier molecular flexibility index (Phi) is 7.39. The molecule has 0 aromatic heterocycles. The highest BCUT2D eigenvalue weighted by Gasteiger charge is 2.38. The Balaban J connectivity index is 2.15. The molecule has 0 spiro atoms. The van der Waals surface area contributed by atoms with Gasteiger partial charge in [0, 0.05) is 0 Å². The van der Waals surface area contributed by atoms with E-state index in [4.69, 9.17) is 4.74 Å². The van der Waals surface area contributed by atoms with Crippen molar-refractivity contribution in [2.75, 3.05) is 6.61 Å². The molecule has 0 radical (unpaired) electrons. The molecule has 0 unspecified atom stereocenters. The Morgan fingerprint density at radius 1 is 0.962 bits per heavy atom. The van der Waals surface area contributed by atoms with Gasteiger partial charge in [-0.2, -0.15) is 5.26 Å². The van der Waals surface area contributed by atoms with Crippen molar-refractivity contribution < 1.29 is 9.53 Å². The van der Waals surface area contributed by atoms with Crippen LogP contribution in [-0.4, -0.2) is 12.6 Å². The zero-order chi connectivity index (χ0) is 18.7. The van der Waals surface area contributed by atoms with Crippen molar-refractivity contribution in [1.29, 1.82) is 5.26 Å². The van der Waals surface area contributed by atoms with Crippen LogP contribution >= 0.6 is 0 Å². The fourth-order valence-electron chi connectivity index (χ4n) is 2.58. The maximum Gasteiger partial charge on any atom is 0.327 e. The molecule has 2 rings (SSSR count). The number of allylic oxidation sites excluding steroid dienone is 2. The number of carbonyl (C=O) groups is 1. The number of nitriles is 1. The quantitative estimate of drug-likeness (QED) is 0.613. The third-order valence-corrected chi connectivity index (χ3v) is 4.03. The van der Waals surface area contributed by atoms with Gasteiger partial charge in [0.15, 0.2) is 5.41 Å². The number of nitrogens with zero attached hydrogens (tertiary/aromatic N) is 1. The lowest BCUT2D eigenvalue weighted by Crippen LogP contribution is -2.30. The van der Waals surface area contributed by atoms with E-state index in [-0.39, 0.29) is 6.61 Å². The maximum atomic E-state index is 12.5. The molecule has 132 valence electrons. The normalized spacial score (nSPS) is 11.5. The third kappa shape index (κ3) is 5.46. The molecule has 3 nitrogen and oxygen atoms in total. The van der Waals surface area contributed by atoms with Crippen molar-refractivity contribution in [3.63, 3.8) is 0 Å². The molecule has 0 atom stereocenters. The molecule has 0 N–H and O–H groups in total. The third-order valence-electron chi connectivity index (χ3n) is 4.03. The van der Waals surface area contributed by atoms with Crippen LogP contribution in [-0.2, 0) is 9.53 Å². The summed E-state index contributed by atoms with van der Waals surface area (Å²) >= 11 is 0. The molecular weight excluding hydrogens is 322 g/mol. The van der Waals surface area contributed by atoms with Gasteiger partial charge < -0.3 is 4.74 Å². The molecule has 0 aliphatic heterocycles. The zero-order valence-corrected chi connectivity index (χ0v) is 15.0. The lowest BCUT2D eigenvalue weighted by Gasteiger charge is -2.21. The molecular formula is C23H23NO2. The average Bonchev–Trinajstić information content (AvgIpc) is 2.68. The molecule has 0 fully saturated rings. The van der Waals surface area contributed by atoms with E-state index in [1.54, 1.807) is 6.92 Å². The summed E-state index contributed by atoms with van der Waals surface area (Å²) in [5, 5.41) is 9.75. The summed E-state index contributed by atoms with van der Waals surface area (Å²) in [6.45, 7) is 2.01. The molecule has 3 heteroatoms. The van der Waals surface area contributed by atoms with Gasteiger partial charge in [-0.1, -0.05) is 85.0 Å². The first-order valence-corrected chi connectivity index (χ1v) is 8.72. The summed E-state index contributed by atoms with van der Waals surface area (Å²) in [6.07, 6.45) is 8.18. The SMILES string of the molecule is CCOC(=O)C(C#N)(C/C=C/c1ccccc1)C/C=C/c1ccccc1. The summed E-state index contributed by atoms with van der Waals surface area (Å²) in [4.78, 5) is 12.5. The maximum absolute atomic E-state index is 12.5. The number of hydrogen-bond acceptors (Lipinski definition) is 3. The predicted molar refractivity (Wildman–Crippen MR) is 105 cm³/mol. The van der Waals surface area contributed by atoms with Crippen LogP contribution in [0.4, 0.5) is 0 Å². The molecule has 2 aromatic carbocycles. The number of carbonyl (C=O) groups excluding carboxylic acids is 1. The molecule has 26 heavy (non-hydrogen) atoms. The van der Waals surface area contributed by atoms with Gasteiger partial charge in [-0.05, 0) is 30.9 Å². The summed E-state index contributed by atoms with van der Waals surface area (Å²) < 4.78 is 5.17. The Morgan fingerprint density at radius 2 is 1.42 bits per heavy atom. The van der Waals surface area contributed by atoms with E-state index in [1.165, 1.54) is 0 Å². The molecule has 0 bridgehead atoms. The second kappa shape index (κ2) is 10.0. The second-order valence-corrected chi connectivity index (χ2v) is 5.95. The molecule has 2 aromatic rings. The minimum absolute atomic E-state index is 0.257. The first kappa shape index (κ1) is 19.2. The number of rotatable bonds is 8. The van der Waals surface area contributed by atoms with E-state index >= 15 is 0 Å². The number of esters is 1. The van der Waals surface area contributed by atoms with Crippen LogP contribution in [0, 0.1) is 16.7 Å². The van der Waals surface area contributed by atoms with Crippen LogP contribution in [0.1, 0.15) is 30.9 Å². The van der Waals surface area contributed by atoms with Crippen molar-refractivity contribution in [3.8, 4) is 6.07 Å². The summed E-state index contributed by atoms with van der Waals surface area (Å²) in [5.41, 5.74) is 0.845. The molecule has 0 aliphatic carbocycles. The van der Waals surface area contributed by atoms with Gasteiger partial charge in [-0.25, -0.2) is 0 Å². The summed E-state index contributed by atoms with van der Waals surface area (Å²) in [6, 6.07) is 21.8. The van der Waals surface area contributed by atoms with Crippen molar-refractivity contribution in [2.45, 2.75) is 19.8 Å². The van der Waals surface area contributed by atoms with Crippen LogP contribution < -0.4 is 0 Å². The molecule has 0 heterocycles. The Bertz CT molecular complexity index is 734. The van der Waals surface area contributed by atoms with Gasteiger partial charge >= 0.3 is 5.97 Å². The Morgan fingerprint density at radius 3 is 1.81 bits per heavy atom. The van der Waals surface area contributed by atoms with Crippen molar-refractivity contribution in [1.82, 2.24) is 0 Å². The minimum atomic E-state index is -1.22. The monoisotopic (exact) mass is 345 g/mol. The van der Waals surface area contributed by atoms with Crippen LogP contribution in [0.25, 0.3) is 12.2 Å². The number of hydrogen-bond donors (Lipinski definition) is 0. The molecule has 0 amide bonds. The minimum Gasteiger partial charge on any atom is -0.465 e. The number of benzene rings is 2. The highest BCUT2D eigenvalue weighted by atomic mass is 16.5. The second-order valence-electron chi connectivity index (χ2n) is 5.95. The largest absolute Gasteiger partial charge is 0.465 e. The van der Waals surface area contributed by atoms with E-state index in [0.29, 0.717) is 12.8 Å². The first-order chi connectivity index (χ1) is 12.7. The standard InChI is InChI=1S/C23H23NO2/c1-2-26-22(25)23(19-24,17-9-15-20-11-5-3-6-12-20)18-10-16-21-13-7-4-8-14-21/h3-16H,2,17-18H2,1H3/b15-9+,16-10+. The van der Waals surface area contributed by atoms with Crippen molar-refractivity contribution in [3.05, 3.63) is 83.9 Å². The van der Waals surface area contributed by atoms with E-state index in [1.807, 2.05) is 85.0 Å². The van der Waals surface area contributed by atoms with Crippen LogP contribution in [0.2, 0.25) is 0 Å². The van der Waals surface area contributed by atoms with Gasteiger partial charge in [-0.15, -0.1) is 0 Å². The average molecular weight is 345 g/mol. The fourth-order valence-corrected chi connectivity index (χ4v) is 2.58. The Hall–Kier alpha value is -3.12. The lowest BCUT2D eigenvalue weighted by molar-refractivity contribution is -0.151. The smallest absolute Gasteiger partial charge is 0.327 e. The first-order valence-electron chi connectivity index (χ1n) is 8.72. The van der Waals surface area contributed by atoms with E-state index < -0.39 is 11.4 Å². The number of ether oxygens (including phenoxy) is 1. The fraction of sp³-hybridized carbons (Fsp3) is 0.217. The topological polar surface area (TPSA) is 50.1 Å². The summed E-state index contributed by atoms with van der Waals surface area (Å²) in [7, 11) is 0. The van der Waals surface area contributed by atoms with E-state index in [0.717, 1.165) is 11.1 Å². The molecule has 0 aliphatic rings. The van der Waals surface area contributed by atoms with Crippen molar-refractivity contribution >= 4 is 18.1 Å². The van der Waals surface area contributed by atoms with Gasteiger partial charge in [0.05, 0.1) is 12.7 Å². The zero-order valence-electron chi connectivity index (χ0n) is 15.0. The van der Waals surface area contributed by atoms with Crippen LogP contribution in [0.5, 0.6) is 0 Å². The highest BCUT2D eigenvalue weighted by molar-refractivity contribution is 5.81. The summed E-state index contributed by atoms with van der Waals surface area (Å²) in [5.74, 6) is -0.474. The highest BCUT2D eigenvalue weighted by Crippen LogP contribution is 2.30. The lowest BCUT2D eigenvalue weighted by atomic mass is 9.82.